The van der Waals surface area contributed by atoms with E-state index in [9.17, 15) is 9.59 Å². The topological polar surface area (TPSA) is 46.6 Å². The molecule has 20 heavy (non-hydrogen) atoms. The van der Waals surface area contributed by atoms with Gasteiger partial charge in [-0.25, -0.2) is 4.79 Å². The molecule has 1 atom stereocenters. The van der Waals surface area contributed by atoms with Gasteiger partial charge in [0, 0.05) is 6.54 Å². The van der Waals surface area contributed by atoms with E-state index < -0.39 is 11.6 Å². The lowest BCUT2D eigenvalue weighted by Gasteiger charge is -2.27. The molecule has 0 radical (unpaired) electrons. The van der Waals surface area contributed by atoms with Gasteiger partial charge in [0.05, 0.1) is 8.66 Å². The lowest BCUT2D eigenvalue weighted by Crippen LogP contribution is -2.43. The molecule has 0 bridgehead atoms. The zero-order valence-corrected chi connectivity index (χ0v) is 14.2. The molecule has 0 aliphatic carbocycles. The average molecular weight is 360 g/mol. The number of ether oxygens (including phenoxy) is 1. The van der Waals surface area contributed by atoms with Crippen molar-refractivity contribution in [2.24, 2.45) is 0 Å². The Hall–Kier alpha value is -0.880. The normalized spacial score (nSPS) is 19.2. The molecule has 110 valence electrons. The van der Waals surface area contributed by atoms with Gasteiger partial charge in [-0.3, -0.25) is 4.79 Å². The van der Waals surface area contributed by atoms with Crippen LogP contribution < -0.4 is 0 Å². The van der Waals surface area contributed by atoms with Gasteiger partial charge in [-0.1, -0.05) is 0 Å². The van der Waals surface area contributed by atoms with Crippen molar-refractivity contribution in [3.63, 3.8) is 0 Å². The number of likely N-dealkylation sites (tertiary alicyclic amines) is 1. The van der Waals surface area contributed by atoms with Crippen LogP contribution in [0.1, 0.15) is 43.3 Å². The largest absolute Gasteiger partial charge is 0.458 e. The molecule has 1 aromatic heterocycles. The Morgan fingerprint density at radius 2 is 2.10 bits per heavy atom. The number of rotatable bonds is 2. The molecule has 0 aromatic carbocycles. The van der Waals surface area contributed by atoms with Crippen LogP contribution in [-0.2, 0) is 9.53 Å². The molecule has 1 aliphatic heterocycles. The van der Waals surface area contributed by atoms with E-state index in [2.05, 4.69) is 15.9 Å². The number of carbonyl (C=O) groups excluding carboxylic acids is 2. The third-order valence-corrected chi connectivity index (χ3v) is 4.59. The molecule has 2 rings (SSSR count). The third-order valence-electron chi connectivity index (χ3n) is 2.98. The Bertz CT molecular complexity index is 521. The third kappa shape index (κ3) is 3.61. The summed E-state index contributed by atoms with van der Waals surface area (Å²) in [6, 6.07) is 3.17. The van der Waals surface area contributed by atoms with E-state index in [0.29, 0.717) is 17.8 Å². The van der Waals surface area contributed by atoms with E-state index in [1.54, 1.807) is 11.0 Å². The highest BCUT2D eigenvalue weighted by Crippen LogP contribution is 2.27. The highest BCUT2D eigenvalue weighted by Gasteiger charge is 2.37. The van der Waals surface area contributed by atoms with Crippen LogP contribution in [0.3, 0.4) is 0 Å². The predicted molar refractivity (Wildman–Crippen MR) is 81.9 cm³/mol. The summed E-state index contributed by atoms with van der Waals surface area (Å²) in [4.78, 5) is 26.9. The molecule has 0 spiro atoms. The molecule has 1 aromatic rings. The highest BCUT2D eigenvalue weighted by atomic mass is 79.9. The summed E-state index contributed by atoms with van der Waals surface area (Å²) in [5.74, 6) is -0.395. The first-order chi connectivity index (χ1) is 9.28. The van der Waals surface area contributed by atoms with Crippen LogP contribution in [0.15, 0.2) is 15.9 Å². The summed E-state index contributed by atoms with van der Waals surface area (Å²) in [7, 11) is 0. The van der Waals surface area contributed by atoms with Gasteiger partial charge in [0.2, 0.25) is 0 Å². The van der Waals surface area contributed by atoms with Gasteiger partial charge in [-0.15, -0.1) is 11.3 Å². The lowest BCUT2D eigenvalue weighted by atomic mass is 10.1. The summed E-state index contributed by atoms with van der Waals surface area (Å²) in [6.07, 6.45) is 1.51. The molecule has 1 saturated heterocycles. The van der Waals surface area contributed by atoms with Gasteiger partial charge in [-0.05, 0) is 61.7 Å². The van der Waals surface area contributed by atoms with E-state index in [0.717, 1.165) is 10.2 Å². The van der Waals surface area contributed by atoms with Gasteiger partial charge in [0.25, 0.3) is 5.91 Å². The number of nitrogens with zero attached hydrogens (tertiary/aromatic N) is 1. The van der Waals surface area contributed by atoms with Crippen molar-refractivity contribution in [3.05, 3.63) is 20.8 Å². The minimum Gasteiger partial charge on any atom is -0.458 e. The monoisotopic (exact) mass is 359 g/mol. The van der Waals surface area contributed by atoms with Crippen LogP contribution in [0.2, 0.25) is 0 Å². The SMILES string of the molecule is CC(C)(C)OC(=O)[C@@H]1CCCN1C(=O)c1ccc(Br)s1. The Balaban J connectivity index is 2.11. The van der Waals surface area contributed by atoms with Crippen LogP contribution >= 0.6 is 27.3 Å². The van der Waals surface area contributed by atoms with Crippen LogP contribution in [0.4, 0.5) is 0 Å². The molecule has 0 saturated carbocycles. The fraction of sp³-hybridized carbons (Fsp3) is 0.571. The Kier molecular flexibility index (Phi) is 4.54. The molecule has 0 unspecified atom stereocenters. The van der Waals surface area contributed by atoms with Crippen molar-refractivity contribution in [2.75, 3.05) is 6.54 Å². The second kappa shape index (κ2) is 5.85. The Labute approximate surface area is 131 Å². The standard InChI is InChI=1S/C14H18BrNO3S/c1-14(2,3)19-13(18)9-5-4-8-16(9)12(17)10-6-7-11(15)20-10/h6-7,9H,4-5,8H2,1-3H3/t9-/m0/s1. The number of amides is 1. The fourth-order valence-electron chi connectivity index (χ4n) is 2.20. The van der Waals surface area contributed by atoms with Crippen molar-refractivity contribution in [1.29, 1.82) is 0 Å². The van der Waals surface area contributed by atoms with Crippen LogP contribution in [0.5, 0.6) is 0 Å². The number of hydrogen-bond acceptors (Lipinski definition) is 4. The molecule has 1 amide bonds. The molecular formula is C14H18BrNO3S. The maximum absolute atomic E-state index is 12.4. The smallest absolute Gasteiger partial charge is 0.329 e. The second-order valence-corrected chi connectivity index (χ2v) is 8.26. The van der Waals surface area contributed by atoms with Crippen LogP contribution in [0.25, 0.3) is 0 Å². The van der Waals surface area contributed by atoms with E-state index in [1.165, 1.54) is 11.3 Å². The van der Waals surface area contributed by atoms with E-state index >= 15 is 0 Å². The minimum atomic E-state index is -0.527. The highest BCUT2D eigenvalue weighted by molar-refractivity contribution is 9.11. The summed E-state index contributed by atoms with van der Waals surface area (Å²) >= 11 is 4.73. The van der Waals surface area contributed by atoms with Crippen molar-refractivity contribution in [2.45, 2.75) is 45.3 Å². The number of esters is 1. The van der Waals surface area contributed by atoms with E-state index in [4.69, 9.17) is 4.74 Å². The molecule has 1 fully saturated rings. The summed E-state index contributed by atoms with van der Waals surface area (Å²) in [5, 5.41) is 0. The zero-order valence-electron chi connectivity index (χ0n) is 11.8. The first kappa shape index (κ1) is 15.5. The second-order valence-electron chi connectivity index (χ2n) is 5.79. The molecular weight excluding hydrogens is 342 g/mol. The van der Waals surface area contributed by atoms with Gasteiger partial charge in [0.1, 0.15) is 11.6 Å². The minimum absolute atomic E-state index is 0.0888. The van der Waals surface area contributed by atoms with Gasteiger partial charge < -0.3 is 9.64 Å². The van der Waals surface area contributed by atoms with Gasteiger partial charge >= 0.3 is 5.97 Å². The molecule has 6 heteroatoms. The van der Waals surface area contributed by atoms with Crippen LogP contribution in [0, 0.1) is 0 Å². The number of carbonyl (C=O) groups is 2. The van der Waals surface area contributed by atoms with Gasteiger partial charge in [-0.2, -0.15) is 0 Å². The summed E-state index contributed by atoms with van der Waals surface area (Å²) < 4.78 is 6.32. The molecule has 2 heterocycles. The first-order valence-electron chi connectivity index (χ1n) is 6.57. The number of halogens is 1. The maximum atomic E-state index is 12.4. The maximum Gasteiger partial charge on any atom is 0.329 e. The molecule has 1 aliphatic rings. The van der Waals surface area contributed by atoms with E-state index in [-0.39, 0.29) is 11.9 Å². The van der Waals surface area contributed by atoms with Crippen molar-refractivity contribution in [3.8, 4) is 0 Å². The predicted octanol–water partition coefficient (Wildman–Crippen LogP) is 3.46. The fourth-order valence-corrected chi connectivity index (χ4v) is 3.54. The quantitative estimate of drug-likeness (QED) is 0.759. The lowest BCUT2D eigenvalue weighted by molar-refractivity contribution is -0.159. The zero-order chi connectivity index (χ0) is 14.9. The van der Waals surface area contributed by atoms with Crippen molar-refractivity contribution >= 4 is 39.1 Å². The molecule has 0 N–H and O–H groups in total. The molecule has 4 nitrogen and oxygen atoms in total. The van der Waals surface area contributed by atoms with E-state index in [1.807, 2.05) is 26.8 Å². The Morgan fingerprint density at radius 3 is 2.65 bits per heavy atom. The average Bonchev–Trinajstić information content (AvgIpc) is 2.93. The Morgan fingerprint density at radius 1 is 1.40 bits per heavy atom. The van der Waals surface area contributed by atoms with Gasteiger partial charge in [0.15, 0.2) is 0 Å². The summed E-state index contributed by atoms with van der Waals surface area (Å²) in [5.41, 5.74) is -0.527. The number of thiophene rings is 1. The summed E-state index contributed by atoms with van der Waals surface area (Å²) in [6.45, 7) is 6.12. The van der Waals surface area contributed by atoms with Crippen LogP contribution in [-0.4, -0.2) is 35.0 Å². The number of hydrogen-bond donors (Lipinski definition) is 0. The van der Waals surface area contributed by atoms with Crippen molar-refractivity contribution in [1.82, 2.24) is 4.90 Å². The first-order valence-corrected chi connectivity index (χ1v) is 8.18. The van der Waals surface area contributed by atoms with Crippen molar-refractivity contribution < 1.29 is 14.3 Å².